The van der Waals surface area contributed by atoms with Crippen molar-refractivity contribution < 1.29 is 19.4 Å². The molecule has 1 aromatic carbocycles. The van der Waals surface area contributed by atoms with Gasteiger partial charge in [0.05, 0.1) is 17.2 Å². The molecule has 3 heterocycles. The molecule has 0 spiro atoms. The molecule has 0 saturated carbocycles. The van der Waals surface area contributed by atoms with E-state index in [1.807, 2.05) is 53.4 Å². The van der Waals surface area contributed by atoms with E-state index in [1.54, 1.807) is 19.3 Å². The highest BCUT2D eigenvalue weighted by molar-refractivity contribution is 7.14. The number of thiophene rings is 1. The molecule has 180 valence electrons. The number of carbonyl (C=O) groups is 2. The van der Waals surface area contributed by atoms with Gasteiger partial charge in [-0.1, -0.05) is 18.1 Å². The maximum atomic E-state index is 13.0. The molecule has 1 amide bonds. The Labute approximate surface area is 209 Å². The van der Waals surface area contributed by atoms with Crippen LogP contribution in [0.25, 0.3) is 0 Å². The van der Waals surface area contributed by atoms with Crippen LogP contribution in [0.4, 0.5) is 5.69 Å². The van der Waals surface area contributed by atoms with Crippen molar-refractivity contribution in [2.24, 2.45) is 0 Å². The molecule has 2 aromatic heterocycles. The molecular weight excluding hydrogens is 462 g/mol. The van der Waals surface area contributed by atoms with Crippen molar-refractivity contribution in [3.05, 3.63) is 76.2 Å². The van der Waals surface area contributed by atoms with Crippen LogP contribution in [-0.4, -0.2) is 53.0 Å². The van der Waals surface area contributed by atoms with Gasteiger partial charge in [-0.3, -0.25) is 14.6 Å². The second-order valence-corrected chi connectivity index (χ2v) is 9.32. The Morgan fingerprint density at radius 3 is 2.43 bits per heavy atom. The van der Waals surface area contributed by atoms with Crippen molar-refractivity contribution in [3.8, 4) is 17.6 Å². The van der Waals surface area contributed by atoms with Gasteiger partial charge in [0.2, 0.25) is 0 Å². The second kappa shape index (κ2) is 11.5. The number of nitrogens with zero attached hydrogens (tertiary/aromatic N) is 3. The molecule has 0 aliphatic carbocycles. The quantitative estimate of drug-likeness (QED) is 0.476. The van der Waals surface area contributed by atoms with Crippen molar-refractivity contribution in [3.63, 3.8) is 0 Å². The standard InChI is InChI=1S/C27H27N3O4S/c1-2-3-21(18-26(31)32)20-4-6-23(7-5-20)34-19-24-8-9-25(35-24)27(33)30-16-14-29(15-17-30)22-10-12-28-13-11-22/h4-13,21H,14-19H2,1H3,(H,31,32). The minimum absolute atomic E-state index is 0.0359. The Balaban J connectivity index is 1.29. The van der Waals surface area contributed by atoms with E-state index in [0.29, 0.717) is 30.3 Å². The summed E-state index contributed by atoms with van der Waals surface area (Å²) < 4.78 is 5.89. The second-order valence-electron chi connectivity index (χ2n) is 8.15. The van der Waals surface area contributed by atoms with Gasteiger partial charge in [0, 0.05) is 49.1 Å². The van der Waals surface area contributed by atoms with Crippen molar-refractivity contribution in [1.29, 1.82) is 0 Å². The van der Waals surface area contributed by atoms with Gasteiger partial charge in [-0.05, 0) is 48.9 Å². The largest absolute Gasteiger partial charge is 0.488 e. The van der Waals surface area contributed by atoms with E-state index < -0.39 is 5.97 Å². The average molecular weight is 490 g/mol. The van der Waals surface area contributed by atoms with Crippen LogP contribution >= 0.6 is 11.3 Å². The minimum atomic E-state index is -0.878. The minimum Gasteiger partial charge on any atom is -0.488 e. The van der Waals surface area contributed by atoms with Crippen LogP contribution in [0.15, 0.2) is 60.9 Å². The van der Waals surface area contributed by atoms with Gasteiger partial charge in [0.25, 0.3) is 5.91 Å². The number of hydrogen-bond donors (Lipinski definition) is 1. The summed E-state index contributed by atoms with van der Waals surface area (Å²) in [6.07, 6.45) is 3.54. The number of anilines is 1. The first-order chi connectivity index (χ1) is 17.0. The van der Waals surface area contributed by atoms with Crippen LogP contribution in [-0.2, 0) is 11.4 Å². The van der Waals surface area contributed by atoms with Gasteiger partial charge in [0.1, 0.15) is 12.4 Å². The zero-order valence-corrected chi connectivity index (χ0v) is 20.3. The molecule has 1 unspecified atom stereocenters. The van der Waals surface area contributed by atoms with Gasteiger partial charge in [-0.25, -0.2) is 0 Å². The molecule has 1 aliphatic heterocycles. The van der Waals surface area contributed by atoms with Crippen LogP contribution in [0.1, 0.15) is 39.4 Å². The lowest BCUT2D eigenvalue weighted by atomic mass is 9.96. The zero-order valence-electron chi connectivity index (χ0n) is 19.5. The Morgan fingerprint density at radius 2 is 1.77 bits per heavy atom. The predicted octanol–water partition coefficient (Wildman–Crippen LogP) is 4.27. The van der Waals surface area contributed by atoms with E-state index in [2.05, 4.69) is 21.7 Å². The average Bonchev–Trinajstić information content (AvgIpc) is 3.37. The van der Waals surface area contributed by atoms with Crippen molar-refractivity contribution in [2.75, 3.05) is 31.1 Å². The summed E-state index contributed by atoms with van der Waals surface area (Å²) in [5.41, 5.74) is 1.98. The zero-order chi connectivity index (χ0) is 24.6. The molecule has 4 rings (SSSR count). The number of pyridine rings is 1. The molecule has 0 radical (unpaired) electrons. The highest BCUT2D eigenvalue weighted by Gasteiger charge is 2.23. The first-order valence-corrected chi connectivity index (χ1v) is 12.2. The molecule has 1 aliphatic rings. The summed E-state index contributed by atoms with van der Waals surface area (Å²) >= 11 is 1.45. The topological polar surface area (TPSA) is 83.0 Å². The van der Waals surface area contributed by atoms with Crippen LogP contribution < -0.4 is 9.64 Å². The smallest absolute Gasteiger partial charge is 0.304 e. The molecule has 35 heavy (non-hydrogen) atoms. The summed E-state index contributed by atoms with van der Waals surface area (Å²) in [5, 5.41) is 9.10. The van der Waals surface area contributed by atoms with E-state index in [0.717, 1.165) is 29.2 Å². The fourth-order valence-corrected chi connectivity index (χ4v) is 4.89. The van der Waals surface area contributed by atoms with E-state index in [4.69, 9.17) is 9.84 Å². The molecular formula is C27H27N3O4S. The summed E-state index contributed by atoms with van der Waals surface area (Å²) in [7, 11) is 0. The monoisotopic (exact) mass is 489 g/mol. The van der Waals surface area contributed by atoms with Gasteiger partial charge in [-0.15, -0.1) is 17.3 Å². The number of piperazine rings is 1. The van der Waals surface area contributed by atoms with Crippen molar-refractivity contribution >= 4 is 28.9 Å². The Hall–Kier alpha value is -3.83. The maximum absolute atomic E-state index is 13.0. The molecule has 0 bridgehead atoms. The van der Waals surface area contributed by atoms with Gasteiger partial charge in [-0.2, -0.15) is 0 Å². The number of carbonyl (C=O) groups excluding carboxylic acids is 1. The van der Waals surface area contributed by atoms with E-state index >= 15 is 0 Å². The Kier molecular flexibility index (Phi) is 8.01. The molecule has 7 nitrogen and oxygen atoms in total. The SMILES string of the molecule is CC#CC(CC(=O)O)c1ccc(OCc2ccc(C(=O)N3CCN(c4ccncc4)CC3)s2)cc1. The van der Waals surface area contributed by atoms with Crippen LogP contribution in [0, 0.1) is 11.8 Å². The number of carboxylic acid groups (broad SMARTS) is 1. The number of benzene rings is 1. The lowest BCUT2D eigenvalue weighted by Gasteiger charge is -2.35. The van der Waals surface area contributed by atoms with Crippen molar-refractivity contribution in [1.82, 2.24) is 9.88 Å². The van der Waals surface area contributed by atoms with Crippen molar-refractivity contribution in [2.45, 2.75) is 25.9 Å². The summed E-state index contributed by atoms with van der Waals surface area (Å²) in [6, 6.07) is 15.1. The number of rotatable bonds is 8. The van der Waals surface area contributed by atoms with Crippen LogP contribution in [0.5, 0.6) is 5.75 Å². The number of amides is 1. The Bertz CT molecular complexity index is 1210. The third kappa shape index (κ3) is 6.40. The number of aliphatic carboxylic acids is 1. The first-order valence-electron chi connectivity index (χ1n) is 11.4. The molecule has 1 atom stereocenters. The van der Waals surface area contributed by atoms with E-state index in [1.165, 1.54) is 11.3 Å². The molecule has 8 heteroatoms. The van der Waals surface area contributed by atoms with E-state index in [-0.39, 0.29) is 18.2 Å². The molecule has 1 fully saturated rings. The highest BCUT2D eigenvalue weighted by Crippen LogP contribution is 2.25. The maximum Gasteiger partial charge on any atom is 0.304 e. The van der Waals surface area contributed by atoms with Gasteiger partial charge in [0.15, 0.2) is 0 Å². The number of carboxylic acids is 1. The van der Waals surface area contributed by atoms with Crippen LogP contribution in [0.2, 0.25) is 0 Å². The third-order valence-corrected chi connectivity index (χ3v) is 6.87. The Morgan fingerprint density at radius 1 is 1.06 bits per heavy atom. The van der Waals surface area contributed by atoms with Gasteiger partial charge < -0.3 is 19.6 Å². The molecule has 1 N–H and O–H groups in total. The lowest BCUT2D eigenvalue weighted by molar-refractivity contribution is -0.137. The number of ether oxygens (including phenoxy) is 1. The molecule has 3 aromatic rings. The number of hydrogen-bond acceptors (Lipinski definition) is 6. The fraction of sp³-hybridized carbons (Fsp3) is 0.296. The molecule has 1 saturated heterocycles. The normalized spacial score (nSPS) is 14.1. The highest BCUT2D eigenvalue weighted by atomic mass is 32.1. The lowest BCUT2D eigenvalue weighted by Crippen LogP contribution is -2.48. The first kappa shape index (κ1) is 24.3. The third-order valence-electron chi connectivity index (χ3n) is 5.83. The van der Waals surface area contributed by atoms with Crippen LogP contribution in [0.3, 0.4) is 0 Å². The van der Waals surface area contributed by atoms with Gasteiger partial charge >= 0.3 is 5.97 Å². The number of aromatic nitrogens is 1. The summed E-state index contributed by atoms with van der Waals surface area (Å²) in [6.45, 7) is 5.02. The predicted molar refractivity (Wildman–Crippen MR) is 136 cm³/mol. The summed E-state index contributed by atoms with van der Waals surface area (Å²) in [5.74, 6) is 5.26. The summed E-state index contributed by atoms with van der Waals surface area (Å²) in [4.78, 5) is 34.0. The van der Waals surface area contributed by atoms with E-state index in [9.17, 15) is 9.59 Å². The fourth-order valence-electron chi connectivity index (χ4n) is 4.00.